The van der Waals surface area contributed by atoms with Gasteiger partial charge >= 0.3 is 0 Å². The van der Waals surface area contributed by atoms with Crippen molar-refractivity contribution in [2.45, 2.75) is 0 Å². The molecule has 0 bridgehead atoms. The van der Waals surface area contributed by atoms with Crippen molar-refractivity contribution in [3.63, 3.8) is 0 Å². The summed E-state index contributed by atoms with van der Waals surface area (Å²) >= 11 is 0. The Morgan fingerprint density at radius 2 is 0.542 bits per heavy atom. The number of benzene rings is 7. The molecule has 0 saturated heterocycles. The Labute approximate surface area is 408 Å². The normalized spacial score (nSPS) is 11.1. The van der Waals surface area contributed by atoms with Crippen LogP contribution in [0.1, 0.15) is 84.4 Å². The van der Waals surface area contributed by atoms with E-state index in [4.69, 9.17) is 0 Å². The zero-order valence-electron chi connectivity index (χ0n) is 37.3. The van der Waals surface area contributed by atoms with Gasteiger partial charge in [-0.05, 0) is 109 Å². The predicted molar refractivity (Wildman–Crippen MR) is 268 cm³/mol. The molecule has 7 rings (SSSR count). The molecular formula is C52H40N10O10. The van der Waals surface area contributed by atoms with E-state index >= 15 is 0 Å². The van der Waals surface area contributed by atoms with E-state index in [1.54, 1.807) is 72.8 Å². The Morgan fingerprint density at radius 3 is 0.778 bits per heavy atom. The van der Waals surface area contributed by atoms with Crippen LogP contribution in [0.15, 0.2) is 178 Å². The lowest BCUT2D eigenvalue weighted by atomic mass is 10.1. The number of hydrazone groups is 4. The molecule has 0 aliphatic carbocycles. The van der Waals surface area contributed by atoms with Gasteiger partial charge in [0.2, 0.25) is 0 Å². The third kappa shape index (κ3) is 13.2. The minimum absolute atomic E-state index is 0.00514. The van der Waals surface area contributed by atoms with Gasteiger partial charge in [-0.25, -0.2) is 21.7 Å². The molecule has 0 saturated carbocycles. The lowest BCUT2D eigenvalue weighted by Crippen LogP contribution is -2.22. The number of rotatable bonds is 16. The van der Waals surface area contributed by atoms with Crippen LogP contribution in [0.3, 0.4) is 0 Å². The molecule has 72 heavy (non-hydrogen) atoms. The van der Waals surface area contributed by atoms with Crippen molar-refractivity contribution in [3.8, 4) is 23.0 Å². The number of carbonyl (C=O) groups is 6. The van der Waals surface area contributed by atoms with Crippen LogP contribution in [0, 0.1) is 0 Å². The zero-order valence-corrected chi connectivity index (χ0v) is 37.3. The smallest absolute Gasteiger partial charge is 0.271 e. The molecule has 0 aliphatic rings. The van der Waals surface area contributed by atoms with E-state index in [-0.39, 0.29) is 67.8 Å². The van der Waals surface area contributed by atoms with Gasteiger partial charge in [0.25, 0.3) is 35.4 Å². The van der Waals surface area contributed by atoms with Crippen LogP contribution in [-0.4, -0.2) is 80.7 Å². The second-order valence-electron chi connectivity index (χ2n) is 15.1. The number of hydrogen-bond donors (Lipinski definition) is 10. The number of hydrogen-bond acceptors (Lipinski definition) is 14. The lowest BCUT2D eigenvalue weighted by Gasteiger charge is -2.12. The van der Waals surface area contributed by atoms with E-state index in [2.05, 4.69) is 52.7 Å². The van der Waals surface area contributed by atoms with Crippen LogP contribution in [0.25, 0.3) is 0 Å². The highest BCUT2D eigenvalue weighted by Gasteiger charge is 2.18. The van der Waals surface area contributed by atoms with Crippen molar-refractivity contribution in [1.29, 1.82) is 0 Å². The SMILES string of the molecule is O=C(N/N=C/c1ccccc1O)c1cc(NC(=O)c2ccc(C(=O)Nc3cc(C(=O)N/N=C/c4ccccc4O)cc(C(=O)N/N=C/c4ccccc4O)c3)cc2)cc(C(=O)N/N=C/c2ccccc2O)c1. The molecule has 20 heteroatoms. The monoisotopic (exact) mass is 964 g/mol. The summed E-state index contributed by atoms with van der Waals surface area (Å²) in [6.45, 7) is 0. The fourth-order valence-electron chi connectivity index (χ4n) is 6.39. The van der Waals surface area contributed by atoms with E-state index in [0.29, 0.717) is 22.3 Å². The summed E-state index contributed by atoms with van der Waals surface area (Å²) in [4.78, 5) is 80.3. The number of phenolic OH excluding ortho intramolecular Hbond substituents is 4. The third-order valence-corrected chi connectivity index (χ3v) is 10.1. The highest BCUT2D eigenvalue weighted by atomic mass is 16.3. The first-order chi connectivity index (χ1) is 34.8. The van der Waals surface area contributed by atoms with Crippen molar-refractivity contribution in [3.05, 3.63) is 213 Å². The topological polar surface area (TPSA) is 305 Å². The molecule has 0 atom stereocenters. The third-order valence-electron chi connectivity index (χ3n) is 10.1. The summed E-state index contributed by atoms with van der Waals surface area (Å²) in [6.07, 6.45) is 4.86. The number of anilines is 2. The summed E-state index contributed by atoms with van der Waals surface area (Å²) in [5.41, 5.74) is 10.2. The molecular weight excluding hydrogens is 925 g/mol. The average Bonchev–Trinajstić information content (AvgIpc) is 3.38. The molecule has 358 valence electrons. The minimum Gasteiger partial charge on any atom is -0.507 e. The van der Waals surface area contributed by atoms with Gasteiger partial charge in [-0.2, -0.15) is 20.4 Å². The Balaban J connectivity index is 1.07. The summed E-state index contributed by atoms with van der Waals surface area (Å²) in [6, 6.07) is 38.1. The predicted octanol–water partition coefficient (Wildman–Crippen LogP) is 6.07. The highest BCUT2D eigenvalue weighted by Crippen LogP contribution is 2.21. The molecule has 20 nitrogen and oxygen atoms in total. The standard InChI is InChI=1S/C52H40N10O10/c63-43-13-5-1-9-33(43)27-53-59-49(69)37-21-38(50(70)60-54-28-34-10-2-6-14-44(34)64)24-41(23-37)57-47(67)31-17-19-32(20-18-31)48(68)58-42-25-39(51(71)61-55-29-35-11-3-7-15-45(35)65)22-40(26-42)52(72)62-56-30-36-12-4-8-16-46(36)66/h1-30,63-66H,(H,57,67)(H,58,68)(H,59,69)(H,60,70)(H,61,71)(H,62,72)/b53-27+,54-28+,55-29+,56-30+. The molecule has 0 spiro atoms. The minimum atomic E-state index is -0.783. The van der Waals surface area contributed by atoms with E-state index in [1.807, 2.05) is 0 Å². The first-order valence-electron chi connectivity index (χ1n) is 21.3. The van der Waals surface area contributed by atoms with E-state index in [0.717, 1.165) is 0 Å². The molecule has 10 N–H and O–H groups in total. The molecule has 6 amide bonds. The molecule has 0 unspecified atom stereocenters. The van der Waals surface area contributed by atoms with Gasteiger partial charge < -0.3 is 31.1 Å². The summed E-state index contributed by atoms with van der Waals surface area (Å²) in [5.74, 6) is -4.86. The van der Waals surface area contributed by atoms with Crippen LogP contribution >= 0.6 is 0 Å². The Kier molecular flexibility index (Phi) is 15.9. The quantitative estimate of drug-likeness (QED) is 0.0394. The van der Waals surface area contributed by atoms with Crippen LogP contribution in [-0.2, 0) is 0 Å². The number of aromatic hydroxyl groups is 4. The van der Waals surface area contributed by atoms with Crippen LogP contribution < -0.4 is 32.3 Å². The maximum Gasteiger partial charge on any atom is 0.271 e. The number of nitrogens with one attached hydrogen (secondary N) is 6. The van der Waals surface area contributed by atoms with Crippen molar-refractivity contribution in [2.75, 3.05) is 10.6 Å². The van der Waals surface area contributed by atoms with E-state index in [9.17, 15) is 49.2 Å². The molecule has 0 fully saturated rings. The molecule has 0 heterocycles. The highest BCUT2D eigenvalue weighted by molar-refractivity contribution is 6.10. The fraction of sp³-hybridized carbons (Fsp3) is 0. The fourth-order valence-corrected chi connectivity index (χ4v) is 6.39. The number of nitrogens with zero attached hydrogens (tertiary/aromatic N) is 4. The number of carbonyl (C=O) groups excluding carboxylic acids is 6. The maximum absolute atomic E-state index is 13.6. The van der Waals surface area contributed by atoms with Crippen molar-refractivity contribution in [2.24, 2.45) is 20.4 Å². The molecule has 7 aromatic carbocycles. The second-order valence-corrected chi connectivity index (χ2v) is 15.1. The van der Waals surface area contributed by atoms with Crippen molar-refractivity contribution < 1.29 is 49.2 Å². The second kappa shape index (κ2) is 23.3. The number of phenols is 4. The summed E-state index contributed by atoms with van der Waals surface area (Å²) < 4.78 is 0. The number of amides is 6. The van der Waals surface area contributed by atoms with Crippen LogP contribution in [0.5, 0.6) is 23.0 Å². The van der Waals surface area contributed by atoms with Crippen LogP contribution in [0.4, 0.5) is 11.4 Å². The van der Waals surface area contributed by atoms with E-state index < -0.39 is 35.4 Å². The van der Waals surface area contributed by atoms with Gasteiger partial charge in [0.05, 0.1) is 24.9 Å². The van der Waals surface area contributed by atoms with E-state index in [1.165, 1.54) is 110 Å². The van der Waals surface area contributed by atoms with Gasteiger partial charge in [-0.15, -0.1) is 0 Å². The Hall–Kier alpha value is -10.8. The first-order valence-corrected chi connectivity index (χ1v) is 21.3. The number of para-hydroxylation sites is 4. The first kappa shape index (κ1) is 49.2. The molecule has 7 aromatic rings. The summed E-state index contributed by atoms with van der Waals surface area (Å²) in [5, 5.41) is 61.0. The van der Waals surface area contributed by atoms with Gasteiger partial charge in [0, 0.05) is 67.0 Å². The Morgan fingerprint density at radius 1 is 0.306 bits per heavy atom. The van der Waals surface area contributed by atoms with Crippen LogP contribution in [0.2, 0.25) is 0 Å². The molecule has 0 aromatic heterocycles. The Bertz CT molecular complexity index is 2940. The maximum atomic E-state index is 13.6. The van der Waals surface area contributed by atoms with Crippen molar-refractivity contribution >= 4 is 71.7 Å². The lowest BCUT2D eigenvalue weighted by molar-refractivity contribution is 0.0939. The zero-order chi connectivity index (χ0) is 51.0. The van der Waals surface area contributed by atoms with Gasteiger partial charge in [0.1, 0.15) is 23.0 Å². The molecule has 0 aliphatic heterocycles. The van der Waals surface area contributed by atoms with Gasteiger partial charge in [-0.1, -0.05) is 48.5 Å². The average molecular weight is 965 g/mol. The van der Waals surface area contributed by atoms with Crippen molar-refractivity contribution in [1.82, 2.24) is 21.7 Å². The largest absolute Gasteiger partial charge is 0.507 e. The molecule has 0 radical (unpaired) electrons. The van der Waals surface area contributed by atoms with Gasteiger partial charge in [0.15, 0.2) is 0 Å². The van der Waals surface area contributed by atoms with Gasteiger partial charge in [-0.3, -0.25) is 28.8 Å². The summed E-state index contributed by atoms with van der Waals surface area (Å²) in [7, 11) is 0.